The quantitative estimate of drug-likeness (QED) is 0.638. The predicted octanol–water partition coefficient (Wildman–Crippen LogP) is 4.23. The second-order valence-corrected chi connectivity index (χ2v) is 8.07. The number of carbonyl (C=O) groups is 2. The molecule has 0 saturated carbocycles. The molecule has 1 saturated heterocycles. The van der Waals surface area contributed by atoms with Crippen LogP contribution >= 0.6 is 23.2 Å². The first-order valence-electron chi connectivity index (χ1n) is 9.52. The van der Waals surface area contributed by atoms with Gasteiger partial charge in [0.05, 0.1) is 5.56 Å². The van der Waals surface area contributed by atoms with Crippen molar-refractivity contribution < 1.29 is 14.3 Å². The van der Waals surface area contributed by atoms with Crippen molar-refractivity contribution >= 4 is 34.9 Å². The molecule has 29 heavy (non-hydrogen) atoms. The highest BCUT2D eigenvalue weighted by molar-refractivity contribution is 6.31. The molecule has 1 aliphatic rings. The van der Waals surface area contributed by atoms with E-state index in [9.17, 15) is 9.59 Å². The minimum atomic E-state index is -0.148. The van der Waals surface area contributed by atoms with Gasteiger partial charge in [0.1, 0.15) is 5.75 Å². The zero-order valence-corrected chi connectivity index (χ0v) is 18.1. The molecule has 0 aromatic heterocycles. The number of piperazine rings is 1. The first kappa shape index (κ1) is 21.6. The Morgan fingerprint density at radius 1 is 1.03 bits per heavy atom. The Kier molecular flexibility index (Phi) is 7.17. The fraction of sp³-hybridized carbons (Fsp3) is 0.364. The van der Waals surface area contributed by atoms with Gasteiger partial charge in [-0.1, -0.05) is 35.3 Å². The molecule has 5 nitrogen and oxygen atoms in total. The topological polar surface area (TPSA) is 49.9 Å². The lowest BCUT2D eigenvalue weighted by atomic mass is 10.1. The van der Waals surface area contributed by atoms with Crippen molar-refractivity contribution in [2.24, 2.45) is 0 Å². The summed E-state index contributed by atoms with van der Waals surface area (Å²) in [5, 5.41) is 1.23. The van der Waals surface area contributed by atoms with Gasteiger partial charge in [0.25, 0.3) is 5.91 Å². The third-order valence-corrected chi connectivity index (χ3v) is 5.69. The number of hydrogen-bond donors (Lipinski definition) is 0. The minimum Gasteiger partial charge on any atom is -0.483 e. The van der Waals surface area contributed by atoms with Gasteiger partial charge in [-0.15, -0.1) is 0 Å². The van der Waals surface area contributed by atoms with Crippen molar-refractivity contribution in [1.29, 1.82) is 0 Å². The van der Waals surface area contributed by atoms with Crippen molar-refractivity contribution in [1.82, 2.24) is 9.80 Å². The number of Topliss-reactive ketones (excluding diaryl/α,β-unsaturated/α-hetero) is 1. The van der Waals surface area contributed by atoms with Crippen LogP contribution in [0.5, 0.6) is 5.75 Å². The van der Waals surface area contributed by atoms with Crippen molar-refractivity contribution in [3.05, 3.63) is 63.1 Å². The number of amides is 1. The van der Waals surface area contributed by atoms with Crippen LogP contribution < -0.4 is 4.74 Å². The molecule has 0 bridgehead atoms. The monoisotopic (exact) mass is 434 g/mol. The van der Waals surface area contributed by atoms with Gasteiger partial charge in [0.2, 0.25) is 0 Å². The molecule has 154 valence electrons. The van der Waals surface area contributed by atoms with Crippen LogP contribution in [0.3, 0.4) is 0 Å². The molecule has 0 aliphatic carbocycles. The average molecular weight is 435 g/mol. The number of carbonyl (C=O) groups excluding carboxylic acids is 2. The number of rotatable bonds is 6. The van der Waals surface area contributed by atoms with Gasteiger partial charge in [-0.3, -0.25) is 14.5 Å². The Labute approximate surface area is 181 Å². The van der Waals surface area contributed by atoms with Crippen molar-refractivity contribution in [2.45, 2.75) is 20.4 Å². The lowest BCUT2D eigenvalue weighted by Crippen LogP contribution is -2.49. The summed E-state index contributed by atoms with van der Waals surface area (Å²) < 4.78 is 5.69. The molecule has 1 heterocycles. The lowest BCUT2D eigenvalue weighted by molar-refractivity contribution is -0.135. The Morgan fingerprint density at radius 2 is 1.69 bits per heavy atom. The third kappa shape index (κ3) is 5.72. The standard InChI is InChI=1S/C22H24Cl2N2O3/c1-15-11-21(19(16(2)27)12-20(15)24)29-14-22(28)26-9-7-25(8-10-26)13-17-3-5-18(23)6-4-17/h3-6,11-12H,7-10,13-14H2,1-2H3. The van der Waals surface area contributed by atoms with E-state index in [1.165, 1.54) is 12.5 Å². The van der Waals surface area contributed by atoms with Crippen molar-refractivity contribution in [2.75, 3.05) is 32.8 Å². The molecule has 0 spiro atoms. The van der Waals surface area contributed by atoms with E-state index in [1.54, 1.807) is 17.0 Å². The minimum absolute atomic E-state index is 0.0850. The maximum atomic E-state index is 12.6. The smallest absolute Gasteiger partial charge is 0.260 e. The highest BCUT2D eigenvalue weighted by Crippen LogP contribution is 2.27. The predicted molar refractivity (Wildman–Crippen MR) is 115 cm³/mol. The second-order valence-electron chi connectivity index (χ2n) is 7.23. The molecule has 0 radical (unpaired) electrons. The van der Waals surface area contributed by atoms with E-state index in [4.69, 9.17) is 27.9 Å². The molecule has 1 amide bonds. The Morgan fingerprint density at radius 3 is 2.31 bits per heavy atom. The van der Waals surface area contributed by atoms with Gasteiger partial charge in [0, 0.05) is 42.8 Å². The molecule has 2 aromatic carbocycles. The summed E-state index contributed by atoms with van der Waals surface area (Å²) in [5.41, 5.74) is 2.39. The molecule has 0 N–H and O–H groups in total. The largest absolute Gasteiger partial charge is 0.483 e. The molecule has 1 aliphatic heterocycles. The molecule has 0 unspecified atom stereocenters. The van der Waals surface area contributed by atoms with Crippen LogP contribution in [0.2, 0.25) is 10.0 Å². The van der Waals surface area contributed by atoms with Gasteiger partial charge in [0.15, 0.2) is 12.4 Å². The molecule has 2 aromatic rings. The first-order chi connectivity index (χ1) is 13.8. The third-order valence-electron chi connectivity index (χ3n) is 5.04. The maximum Gasteiger partial charge on any atom is 0.260 e. The van der Waals surface area contributed by atoms with Crippen molar-refractivity contribution in [3.8, 4) is 5.75 Å². The van der Waals surface area contributed by atoms with Crippen molar-refractivity contribution in [3.63, 3.8) is 0 Å². The normalized spacial score (nSPS) is 14.7. The molecule has 7 heteroatoms. The summed E-state index contributed by atoms with van der Waals surface area (Å²) in [4.78, 5) is 28.5. The van der Waals surface area contributed by atoms with Crippen LogP contribution in [-0.4, -0.2) is 54.3 Å². The number of halogens is 2. The van der Waals surface area contributed by atoms with E-state index in [0.29, 0.717) is 29.4 Å². The maximum absolute atomic E-state index is 12.6. The summed E-state index contributed by atoms with van der Waals surface area (Å²) in [6.07, 6.45) is 0. The Balaban J connectivity index is 1.52. The molecule has 1 fully saturated rings. The number of ether oxygens (including phenoxy) is 1. The average Bonchev–Trinajstić information content (AvgIpc) is 2.70. The first-order valence-corrected chi connectivity index (χ1v) is 10.3. The van der Waals surface area contributed by atoms with Gasteiger partial charge in [-0.2, -0.15) is 0 Å². The van der Waals surface area contributed by atoms with E-state index in [0.717, 1.165) is 30.2 Å². The Hall–Kier alpha value is -2.08. The van der Waals surface area contributed by atoms with Crippen LogP contribution in [0.25, 0.3) is 0 Å². The van der Waals surface area contributed by atoms with Gasteiger partial charge < -0.3 is 9.64 Å². The summed E-state index contributed by atoms with van der Waals surface area (Å²) >= 11 is 12.0. The Bertz CT molecular complexity index is 892. The van der Waals surface area contributed by atoms with Crippen LogP contribution in [0.4, 0.5) is 0 Å². The van der Waals surface area contributed by atoms with Gasteiger partial charge in [-0.25, -0.2) is 0 Å². The highest BCUT2D eigenvalue weighted by atomic mass is 35.5. The number of nitrogens with zero attached hydrogens (tertiary/aromatic N) is 2. The van der Waals surface area contributed by atoms with E-state index in [1.807, 2.05) is 31.2 Å². The summed E-state index contributed by atoms with van der Waals surface area (Å²) in [5.74, 6) is 0.164. The van der Waals surface area contributed by atoms with Gasteiger partial charge in [-0.05, 0) is 49.2 Å². The SMILES string of the molecule is CC(=O)c1cc(Cl)c(C)cc1OCC(=O)N1CCN(Cc2ccc(Cl)cc2)CC1. The zero-order chi connectivity index (χ0) is 21.0. The lowest BCUT2D eigenvalue weighted by Gasteiger charge is -2.34. The fourth-order valence-corrected chi connectivity index (χ4v) is 3.57. The number of hydrogen-bond acceptors (Lipinski definition) is 4. The van der Waals surface area contributed by atoms with E-state index >= 15 is 0 Å². The summed E-state index contributed by atoms with van der Waals surface area (Å²) in [7, 11) is 0. The second kappa shape index (κ2) is 9.61. The zero-order valence-electron chi connectivity index (χ0n) is 16.6. The van der Waals surface area contributed by atoms with E-state index in [-0.39, 0.29) is 18.3 Å². The summed E-state index contributed by atoms with van der Waals surface area (Å²) in [6.45, 7) is 6.92. The number of aryl methyl sites for hydroxylation is 1. The molecule has 3 rings (SSSR count). The van der Waals surface area contributed by atoms with Gasteiger partial charge >= 0.3 is 0 Å². The van der Waals surface area contributed by atoms with E-state index in [2.05, 4.69) is 4.90 Å². The number of benzene rings is 2. The fourth-order valence-electron chi connectivity index (χ4n) is 3.28. The molecular weight excluding hydrogens is 411 g/mol. The van der Waals surface area contributed by atoms with Crippen LogP contribution in [0, 0.1) is 6.92 Å². The summed E-state index contributed by atoms with van der Waals surface area (Å²) in [6, 6.07) is 11.1. The molecule has 0 atom stereocenters. The highest BCUT2D eigenvalue weighted by Gasteiger charge is 2.22. The van der Waals surface area contributed by atoms with Crippen LogP contribution in [-0.2, 0) is 11.3 Å². The number of ketones is 1. The molecular formula is C22H24Cl2N2O3. The van der Waals surface area contributed by atoms with Crippen LogP contribution in [0.15, 0.2) is 36.4 Å². The van der Waals surface area contributed by atoms with E-state index < -0.39 is 0 Å². The van der Waals surface area contributed by atoms with Crippen LogP contribution in [0.1, 0.15) is 28.4 Å².